The van der Waals surface area contributed by atoms with E-state index in [1.165, 1.54) is 11.6 Å². The molecule has 1 atom stereocenters. The van der Waals surface area contributed by atoms with E-state index in [0.717, 1.165) is 25.0 Å². The van der Waals surface area contributed by atoms with E-state index < -0.39 is 0 Å². The highest BCUT2D eigenvalue weighted by atomic mass is 35.5. The Morgan fingerprint density at radius 3 is 2.88 bits per heavy atom. The van der Waals surface area contributed by atoms with Gasteiger partial charge in [0, 0.05) is 0 Å². The molecule has 2 nitrogen and oxygen atoms in total. The average Bonchev–Trinajstić information content (AvgIpc) is 2.36. The van der Waals surface area contributed by atoms with Crippen molar-refractivity contribution in [3.63, 3.8) is 0 Å². The Labute approximate surface area is 105 Å². The number of ether oxygens (including phenoxy) is 1. The first kappa shape index (κ1) is 12.4. The van der Waals surface area contributed by atoms with Crippen LogP contribution in [0.5, 0.6) is 0 Å². The van der Waals surface area contributed by atoms with Crippen molar-refractivity contribution in [2.24, 2.45) is 0 Å². The quantitative estimate of drug-likeness (QED) is 0.894. The fraction of sp³-hybridized carbons (Fsp3) is 0.385. The maximum atomic E-state index is 13.1. The van der Waals surface area contributed by atoms with Crippen molar-refractivity contribution >= 4 is 11.6 Å². The van der Waals surface area contributed by atoms with Crippen LogP contribution in [0.15, 0.2) is 30.0 Å². The van der Waals surface area contributed by atoms with Gasteiger partial charge in [0.1, 0.15) is 5.82 Å². The average molecular weight is 256 g/mol. The Kier molecular flexibility index (Phi) is 4.02. The third-order valence-electron chi connectivity index (χ3n) is 2.90. The first-order valence-electron chi connectivity index (χ1n) is 5.65. The minimum Gasteiger partial charge on any atom is -0.501 e. The SMILES string of the molecule is CNC(C1=COCCC1)c1ccc(F)c(Cl)c1. The van der Waals surface area contributed by atoms with Crippen molar-refractivity contribution in [3.05, 3.63) is 46.4 Å². The fourth-order valence-electron chi connectivity index (χ4n) is 2.05. The van der Waals surface area contributed by atoms with Gasteiger partial charge in [-0.3, -0.25) is 0 Å². The van der Waals surface area contributed by atoms with Crippen LogP contribution >= 0.6 is 11.6 Å². The molecule has 92 valence electrons. The summed E-state index contributed by atoms with van der Waals surface area (Å²) in [4.78, 5) is 0. The fourth-order valence-corrected chi connectivity index (χ4v) is 2.24. The maximum absolute atomic E-state index is 13.1. The van der Waals surface area contributed by atoms with Crippen LogP contribution in [0.1, 0.15) is 24.4 Å². The molecule has 0 radical (unpaired) electrons. The molecule has 0 aliphatic carbocycles. The normalized spacial score (nSPS) is 17.2. The second-order valence-corrected chi connectivity index (χ2v) is 4.47. The van der Waals surface area contributed by atoms with Crippen LogP contribution in [0.2, 0.25) is 5.02 Å². The van der Waals surface area contributed by atoms with Crippen molar-refractivity contribution in [2.45, 2.75) is 18.9 Å². The molecule has 1 N–H and O–H groups in total. The Balaban J connectivity index is 2.28. The highest BCUT2D eigenvalue weighted by molar-refractivity contribution is 6.30. The molecule has 0 saturated heterocycles. The second kappa shape index (κ2) is 5.52. The predicted octanol–water partition coefficient (Wildman–Crippen LogP) is 3.43. The van der Waals surface area contributed by atoms with E-state index in [1.54, 1.807) is 18.4 Å². The van der Waals surface area contributed by atoms with E-state index in [0.29, 0.717) is 0 Å². The van der Waals surface area contributed by atoms with Crippen molar-refractivity contribution in [3.8, 4) is 0 Å². The molecule has 0 aromatic heterocycles. The first-order valence-corrected chi connectivity index (χ1v) is 6.03. The zero-order valence-electron chi connectivity index (χ0n) is 9.67. The molecule has 4 heteroatoms. The van der Waals surface area contributed by atoms with Gasteiger partial charge < -0.3 is 10.1 Å². The van der Waals surface area contributed by atoms with Gasteiger partial charge in [0.15, 0.2) is 0 Å². The van der Waals surface area contributed by atoms with Crippen LogP contribution in [0.4, 0.5) is 4.39 Å². The molecule has 1 aliphatic heterocycles. The lowest BCUT2D eigenvalue weighted by molar-refractivity contribution is 0.220. The molecule has 0 saturated carbocycles. The lowest BCUT2D eigenvalue weighted by Gasteiger charge is -2.23. The predicted molar refractivity (Wildman–Crippen MR) is 66.5 cm³/mol. The summed E-state index contributed by atoms with van der Waals surface area (Å²) in [7, 11) is 1.87. The lowest BCUT2D eigenvalue weighted by atomic mass is 9.95. The van der Waals surface area contributed by atoms with Crippen LogP contribution in [-0.4, -0.2) is 13.7 Å². The molecular weight excluding hydrogens is 241 g/mol. The van der Waals surface area contributed by atoms with Crippen molar-refractivity contribution in [1.29, 1.82) is 0 Å². The molecule has 1 aromatic carbocycles. The number of likely N-dealkylation sites (N-methyl/N-ethyl adjacent to an activating group) is 1. The van der Waals surface area contributed by atoms with Crippen LogP contribution in [0.25, 0.3) is 0 Å². The van der Waals surface area contributed by atoms with Gasteiger partial charge in [-0.15, -0.1) is 0 Å². The summed E-state index contributed by atoms with van der Waals surface area (Å²) < 4.78 is 18.4. The smallest absolute Gasteiger partial charge is 0.141 e. The summed E-state index contributed by atoms with van der Waals surface area (Å²) in [5.74, 6) is -0.390. The molecule has 0 fully saturated rings. The highest BCUT2D eigenvalue weighted by Crippen LogP contribution is 2.29. The third kappa shape index (κ3) is 2.79. The Bertz CT molecular complexity index is 433. The van der Waals surface area contributed by atoms with Crippen LogP contribution < -0.4 is 5.32 Å². The van der Waals surface area contributed by atoms with Gasteiger partial charge in [0.25, 0.3) is 0 Å². The minimum atomic E-state index is -0.390. The van der Waals surface area contributed by atoms with Gasteiger partial charge in [-0.2, -0.15) is 0 Å². The summed E-state index contributed by atoms with van der Waals surface area (Å²) in [6.45, 7) is 0.768. The van der Waals surface area contributed by atoms with E-state index in [9.17, 15) is 4.39 Å². The summed E-state index contributed by atoms with van der Waals surface area (Å²) in [6.07, 6.45) is 3.79. The van der Waals surface area contributed by atoms with E-state index in [4.69, 9.17) is 16.3 Å². The van der Waals surface area contributed by atoms with Crippen molar-refractivity contribution in [1.82, 2.24) is 5.32 Å². The molecule has 0 spiro atoms. The van der Waals surface area contributed by atoms with Gasteiger partial charge >= 0.3 is 0 Å². The van der Waals surface area contributed by atoms with Crippen LogP contribution in [0.3, 0.4) is 0 Å². The van der Waals surface area contributed by atoms with Gasteiger partial charge in [-0.25, -0.2) is 4.39 Å². The van der Waals surface area contributed by atoms with Gasteiger partial charge in [-0.05, 0) is 43.2 Å². The van der Waals surface area contributed by atoms with Crippen LogP contribution in [0, 0.1) is 5.82 Å². The molecule has 1 aliphatic rings. The zero-order valence-corrected chi connectivity index (χ0v) is 10.4. The molecule has 1 heterocycles. The number of halogens is 2. The molecule has 1 unspecified atom stereocenters. The molecule has 17 heavy (non-hydrogen) atoms. The topological polar surface area (TPSA) is 21.3 Å². The van der Waals surface area contributed by atoms with E-state index in [-0.39, 0.29) is 16.9 Å². The minimum absolute atomic E-state index is 0.0356. The number of benzene rings is 1. The highest BCUT2D eigenvalue weighted by Gasteiger charge is 2.18. The van der Waals surface area contributed by atoms with Gasteiger partial charge in [0.2, 0.25) is 0 Å². The number of hydrogen-bond donors (Lipinski definition) is 1. The zero-order chi connectivity index (χ0) is 12.3. The summed E-state index contributed by atoms with van der Waals surface area (Å²) in [5.41, 5.74) is 2.12. The van der Waals surface area contributed by atoms with Crippen LogP contribution in [-0.2, 0) is 4.74 Å². The van der Waals surface area contributed by atoms with Crippen molar-refractivity contribution in [2.75, 3.05) is 13.7 Å². The first-order chi connectivity index (χ1) is 8.22. The summed E-state index contributed by atoms with van der Waals surface area (Å²) in [6, 6.07) is 4.84. The molecule has 0 amide bonds. The Morgan fingerprint density at radius 1 is 1.47 bits per heavy atom. The standard InChI is InChI=1S/C13H15ClFNO/c1-16-13(10-3-2-6-17-8-10)9-4-5-12(15)11(14)7-9/h4-5,7-8,13,16H,2-3,6H2,1H3. The monoisotopic (exact) mass is 255 g/mol. The lowest BCUT2D eigenvalue weighted by Crippen LogP contribution is -2.20. The molecular formula is C13H15ClFNO. The van der Waals surface area contributed by atoms with Crippen molar-refractivity contribution < 1.29 is 9.13 Å². The largest absolute Gasteiger partial charge is 0.501 e. The second-order valence-electron chi connectivity index (χ2n) is 4.06. The van der Waals surface area contributed by atoms with Gasteiger partial charge in [0.05, 0.1) is 23.9 Å². The number of rotatable bonds is 3. The van der Waals surface area contributed by atoms with E-state index >= 15 is 0 Å². The third-order valence-corrected chi connectivity index (χ3v) is 3.19. The molecule has 1 aromatic rings. The number of hydrogen-bond acceptors (Lipinski definition) is 2. The molecule has 2 rings (SSSR count). The van der Waals surface area contributed by atoms with E-state index in [1.807, 2.05) is 7.05 Å². The maximum Gasteiger partial charge on any atom is 0.141 e. The Morgan fingerprint density at radius 2 is 2.29 bits per heavy atom. The molecule has 0 bridgehead atoms. The van der Waals surface area contributed by atoms with E-state index in [2.05, 4.69) is 5.32 Å². The summed E-state index contributed by atoms with van der Waals surface area (Å²) in [5, 5.41) is 3.36. The number of nitrogens with one attached hydrogen (secondary N) is 1. The Hall–Kier alpha value is -1.06. The summed E-state index contributed by atoms with van der Waals surface area (Å²) >= 11 is 5.80. The van der Waals surface area contributed by atoms with Gasteiger partial charge in [-0.1, -0.05) is 17.7 Å².